The van der Waals surface area contributed by atoms with E-state index in [-0.39, 0.29) is 51.7 Å². The Labute approximate surface area is 230 Å². The van der Waals surface area contributed by atoms with Crippen LogP contribution in [-0.4, -0.2) is 89.8 Å². The molecule has 1 aromatic carbocycles. The molecule has 0 aliphatic heterocycles. The van der Waals surface area contributed by atoms with Gasteiger partial charge in [-0.3, -0.25) is 14.4 Å². The van der Waals surface area contributed by atoms with Crippen molar-refractivity contribution in [3.8, 4) is 17.1 Å². The third kappa shape index (κ3) is 6.50. The monoisotopic (exact) mass is 549 g/mol. The van der Waals surface area contributed by atoms with E-state index in [1.165, 1.54) is 0 Å². The van der Waals surface area contributed by atoms with Gasteiger partial charge >= 0.3 is 0 Å². The summed E-state index contributed by atoms with van der Waals surface area (Å²) < 4.78 is 5.95. The minimum Gasteiger partial charge on any atom is -0.506 e. The third-order valence-electron chi connectivity index (χ3n) is 7.34. The molecule has 11 nitrogen and oxygen atoms in total. The predicted octanol–water partition coefficient (Wildman–Crippen LogP) is 1.57. The smallest absolute Gasteiger partial charge is 0.224 e. The molecule has 0 saturated heterocycles. The number of aromatic hydroxyl groups is 1. The molecule has 6 N–H and O–H groups in total. The number of nitrogens with two attached hydrogens (primary N) is 1. The largest absolute Gasteiger partial charge is 0.506 e. The van der Waals surface area contributed by atoms with Crippen molar-refractivity contribution in [3.05, 3.63) is 35.1 Å². The van der Waals surface area contributed by atoms with E-state index in [1.807, 2.05) is 44.1 Å². The summed E-state index contributed by atoms with van der Waals surface area (Å²) >= 11 is 0. The summed E-state index contributed by atoms with van der Waals surface area (Å²) in [4.78, 5) is 41.2. The molecule has 11 heteroatoms. The van der Waals surface area contributed by atoms with Gasteiger partial charge < -0.3 is 40.4 Å². The number of benzene rings is 1. The fourth-order valence-electron chi connectivity index (χ4n) is 5.47. The zero-order chi connectivity index (χ0) is 29.1. The number of hydrogen-bond donors (Lipinski definition) is 5. The number of phenols is 1. The Kier molecular flexibility index (Phi) is 9.55. The molecular weight excluding hydrogens is 506 g/mol. The molecule has 0 saturated carbocycles. The highest BCUT2D eigenvalue weighted by atomic mass is 16.3. The van der Waals surface area contributed by atoms with Crippen molar-refractivity contribution >= 4 is 23.2 Å². The number of amides is 1. The maximum absolute atomic E-state index is 13.5. The van der Waals surface area contributed by atoms with Crippen LogP contribution in [0.25, 0.3) is 11.3 Å². The molecule has 1 aliphatic rings. The van der Waals surface area contributed by atoms with Crippen molar-refractivity contribution in [1.29, 1.82) is 0 Å². The lowest BCUT2D eigenvalue weighted by Gasteiger charge is -2.37. The first-order chi connectivity index (χ1) is 18.3. The van der Waals surface area contributed by atoms with Crippen molar-refractivity contribution in [1.82, 2.24) is 4.90 Å². The van der Waals surface area contributed by atoms with Crippen LogP contribution in [0.2, 0.25) is 0 Å². The number of carbonyl (C=O) groups is 3. The predicted molar refractivity (Wildman–Crippen MR) is 149 cm³/mol. The molecule has 2 aromatic rings. The van der Waals surface area contributed by atoms with Gasteiger partial charge in [0, 0.05) is 35.7 Å². The number of rotatable bonds is 13. The Balaban J connectivity index is 0.00000420. The molecule has 3 atom stereocenters. The molecule has 0 bridgehead atoms. The second kappa shape index (κ2) is 12.3. The summed E-state index contributed by atoms with van der Waals surface area (Å²) in [6, 6.07) is 5.35. The van der Waals surface area contributed by atoms with Gasteiger partial charge in [-0.25, -0.2) is 0 Å². The van der Waals surface area contributed by atoms with Gasteiger partial charge in [-0.05, 0) is 69.0 Å². The number of aliphatic hydroxyl groups is 3. The average Bonchev–Trinajstić information content (AvgIpc) is 3.29. The molecule has 1 aromatic heterocycles. The highest BCUT2D eigenvalue weighted by Gasteiger charge is 2.45. The SMILES string of the molecule is CN(C)Cc1ccc(-c2cc(N(C)C)c3c(c2O)C(=O)CC(CC(CCO)[C@](O)(CO)C(=O)CC(N)=O)C3)o1.[HH].[HH]. The zero-order valence-electron chi connectivity index (χ0n) is 22.9. The molecule has 2 unspecified atom stereocenters. The van der Waals surface area contributed by atoms with Crippen molar-refractivity contribution in [2.45, 2.75) is 44.2 Å². The number of aliphatic hydroxyl groups excluding tert-OH is 2. The number of carbonyl (C=O) groups excluding carboxylic acids is 3. The number of nitrogens with zero attached hydrogens (tertiary/aromatic N) is 2. The lowest BCUT2D eigenvalue weighted by Crippen LogP contribution is -2.51. The number of phenolic OH excluding ortho intramolecular Hbond substituents is 1. The number of Topliss-reactive ketones (excluding diaryl/α,β-unsaturated/α-hetero) is 2. The van der Waals surface area contributed by atoms with E-state index in [9.17, 15) is 34.8 Å². The summed E-state index contributed by atoms with van der Waals surface area (Å²) in [5.41, 5.74) is 4.78. The number of hydrogen-bond acceptors (Lipinski definition) is 10. The van der Waals surface area contributed by atoms with Gasteiger partial charge in [0.05, 0.1) is 30.7 Å². The van der Waals surface area contributed by atoms with Gasteiger partial charge in [-0.1, -0.05) is 0 Å². The Bertz CT molecular complexity index is 1230. The molecule has 3 rings (SSSR count). The van der Waals surface area contributed by atoms with E-state index in [4.69, 9.17) is 10.2 Å². The summed E-state index contributed by atoms with van der Waals surface area (Å²) in [7, 11) is 7.48. The summed E-state index contributed by atoms with van der Waals surface area (Å²) in [5.74, 6) is -2.47. The lowest BCUT2D eigenvalue weighted by atomic mass is 9.71. The summed E-state index contributed by atoms with van der Waals surface area (Å²) in [6.07, 6.45) is -0.295. The van der Waals surface area contributed by atoms with E-state index in [2.05, 4.69) is 0 Å². The van der Waals surface area contributed by atoms with Crippen LogP contribution in [0.1, 0.15) is 50.2 Å². The fourth-order valence-corrected chi connectivity index (χ4v) is 5.47. The van der Waals surface area contributed by atoms with E-state index < -0.39 is 36.2 Å². The normalized spacial score (nSPS) is 17.5. The standard InChI is InChI=1S/C28H39N3O8.2H2/c1-30(2)14-18-5-6-23(39-18)20-12-21(31(3)4)19-10-16(11-22(34)26(19)27(20)37)9-17(7-8-32)28(38,15-33)24(35)13-25(29)36;;/h5-6,12,16-17,32-33,37-38H,7-11,13-15H2,1-4H3,(H2,29,36);2*1H/t16?,17?,28-;;/m1../s1. The molecule has 1 amide bonds. The highest BCUT2D eigenvalue weighted by molar-refractivity contribution is 6.05. The molecule has 1 heterocycles. The number of ketones is 2. The van der Waals surface area contributed by atoms with Crippen LogP contribution in [0.15, 0.2) is 22.6 Å². The summed E-state index contributed by atoms with van der Waals surface area (Å²) in [5, 5.41) is 41.8. The van der Waals surface area contributed by atoms with Crippen LogP contribution < -0.4 is 10.6 Å². The number of furan rings is 1. The summed E-state index contributed by atoms with van der Waals surface area (Å²) in [6.45, 7) is -0.753. The van der Waals surface area contributed by atoms with Gasteiger partial charge in [0.1, 0.15) is 22.9 Å². The van der Waals surface area contributed by atoms with E-state index in [1.54, 1.807) is 12.1 Å². The van der Waals surface area contributed by atoms with Gasteiger partial charge in [0.2, 0.25) is 5.91 Å². The molecule has 1 aliphatic carbocycles. The van der Waals surface area contributed by atoms with Gasteiger partial charge in [0.25, 0.3) is 0 Å². The Morgan fingerprint density at radius 2 is 1.90 bits per heavy atom. The van der Waals surface area contributed by atoms with E-state index in [0.29, 0.717) is 41.3 Å². The fraction of sp³-hybridized carbons (Fsp3) is 0.536. The van der Waals surface area contributed by atoms with Gasteiger partial charge in [-0.15, -0.1) is 0 Å². The van der Waals surface area contributed by atoms with Crippen LogP contribution in [-0.2, 0) is 22.6 Å². The molecule has 39 heavy (non-hydrogen) atoms. The molecule has 0 radical (unpaired) electrons. The average molecular weight is 550 g/mol. The van der Waals surface area contributed by atoms with Gasteiger partial charge in [-0.2, -0.15) is 0 Å². The Morgan fingerprint density at radius 1 is 1.21 bits per heavy atom. The number of primary amides is 1. The molecule has 218 valence electrons. The first-order valence-corrected chi connectivity index (χ1v) is 12.9. The van der Waals surface area contributed by atoms with E-state index >= 15 is 0 Å². The molecule has 0 fully saturated rings. The quantitative estimate of drug-likeness (QED) is 0.230. The van der Waals surface area contributed by atoms with Crippen LogP contribution in [0.4, 0.5) is 5.69 Å². The Morgan fingerprint density at radius 3 is 2.46 bits per heavy atom. The van der Waals surface area contributed by atoms with Crippen LogP contribution in [0.3, 0.4) is 0 Å². The minimum atomic E-state index is -2.29. The van der Waals surface area contributed by atoms with Crippen molar-refractivity contribution < 1.29 is 42.1 Å². The second-order valence-electron chi connectivity index (χ2n) is 10.8. The first kappa shape index (κ1) is 30.3. The number of anilines is 1. The van der Waals surface area contributed by atoms with E-state index in [0.717, 1.165) is 0 Å². The highest BCUT2D eigenvalue weighted by Crippen LogP contribution is 2.46. The third-order valence-corrected chi connectivity index (χ3v) is 7.34. The van der Waals surface area contributed by atoms with Crippen molar-refractivity contribution in [3.63, 3.8) is 0 Å². The maximum Gasteiger partial charge on any atom is 0.224 e. The molecular formula is C28H43N3O8. The topological polar surface area (TPSA) is 178 Å². The van der Waals surface area contributed by atoms with Crippen LogP contribution in [0, 0.1) is 11.8 Å². The zero-order valence-corrected chi connectivity index (χ0v) is 22.9. The second-order valence-corrected chi connectivity index (χ2v) is 10.8. The van der Waals surface area contributed by atoms with Gasteiger partial charge in [0.15, 0.2) is 11.6 Å². The first-order valence-electron chi connectivity index (χ1n) is 12.9. The minimum absolute atomic E-state index is 0. The number of fused-ring (bicyclic) bond motifs is 1. The maximum atomic E-state index is 13.5. The van der Waals surface area contributed by atoms with Crippen molar-refractivity contribution in [2.24, 2.45) is 17.6 Å². The molecule has 0 spiro atoms. The Hall–Kier alpha value is -3.25. The van der Waals surface area contributed by atoms with Crippen LogP contribution in [0.5, 0.6) is 5.75 Å². The van der Waals surface area contributed by atoms with Crippen molar-refractivity contribution in [2.75, 3.05) is 46.3 Å². The van der Waals surface area contributed by atoms with Crippen LogP contribution >= 0.6 is 0 Å². The lowest BCUT2D eigenvalue weighted by molar-refractivity contribution is -0.153.